The summed E-state index contributed by atoms with van der Waals surface area (Å²) in [6.45, 7) is 6.48. The number of nitrogens with zero attached hydrogens (tertiary/aromatic N) is 1. The molecule has 166 valence electrons. The Balaban J connectivity index is 2.01. The molecule has 0 bridgehead atoms. The highest BCUT2D eigenvalue weighted by molar-refractivity contribution is 5.86. The first kappa shape index (κ1) is 21.9. The first-order valence-electron chi connectivity index (χ1n) is 11.5. The maximum absolute atomic E-state index is 13.0. The van der Waals surface area contributed by atoms with Crippen LogP contribution in [0.25, 0.3) is 11.1 Å². The van der Waals surface area contributed by atoms with E-state index in [9.17, 15) is 4.79 Å². The molecule has 1 unspecified atom stereocenters. The predicted molar refractivity (Wildman–Crippen MR) is 126 cm³/mol. The molecule has 31 heavy (non-hydrogen) atoms. The lowest BCUT2D eigenvalue weighted by Crippen LogP contribution is -2.23. The van der Waals surface area contributed by atoms with Crippen LogP contribution in [0.5, 0.6) is 0 Å². The van der Waals surface area contributed by atoms with Crippen molar-refractivity contribution in [1.82, 2.24) is 0 Å². The maximum atomic E-state index is 13.0. The lowest BCUT2D eigenvalue weighted by molar-refractivity contribution is -0.155. The fourth-order valence-electron chi connectivity index (χ4n) is 4.59. The molecule has 0 amide bonds. The number of hydrogen-bond acceptors (Lipinski definition) is 4. The molecule has 4 nitrogen and oxygen atoms in total. The van der Waals surface area contributed by atoms with E-state index in [1.165, 1.54) is 47.8 Å². The third kappa shape index (κ3) is 4.36. The van der Waals surface area contributed by atoms with E-state index in [4.69, 9.17) is 9.47 Å². The Morgan fingerprint density at radius 1 is 1.13 bits per heavy atom. The molecule has 0 aliphatic heterocycles. The summed E-state index contributed by atoms with van der Waals surface area (Å²) >= 11 is 0. The van der Waals surface area contributed by atoms with Crippen LogP contribution < -0.4 is 4.90 Å². The number of benzene rings is 2. The van der Waals surface area contributed by atoms with Gasteiger partial charge in [0.05, 0.1) is 13.2 Å². The molecule has 0 aromatic heterocycles. The van der Waals surface area contributed by atoms with Crippen molar-refractivity contribution >= 4 is 11.7 Å². The smallest absolute Gasteiger partial charge is 0.339 e. The van der Waals surface area contributed by atoms with Gasteiger partial charge < -0.3 is 14.4 Å². The molecule has 2 fully saturated rings. The summed E-state index contributed by atoms with van der Waals surface area (Å²) in [5, 5.41) is 0. The quantitative estimate of drug-likeness (QED) is 0.500. The number of ether oxygens (including phenoxy) is 2. The number of aryl methyl sites for hydroxylation is 2. The molecule has 0 saturated heterocycles. The van der Waals surface area contributed by atoms with Gasteiger partial charge in [-0.15, -0.1) is 0 Å². The number of carbonyl (C=O) groups excluding carboxylic acids is 1. The second-order valence-corrected chi connectivity index (χ2v) is 9.30. The number of methoxy groups -OCH3 is 1. The highest BCUT2D eigenvalue weighted by atomic mass is 16.6. The molecule has 4 heteroatoms. The number of esters is 1. The fraction of sp³-hybridized carbons (Fsp3) is 0.519. The summed E-state index contributed by atoms with van der Waals surface area (Å²) in [6.07, 6.45) is 4.85. The van der Waals surface area contributed by atoms with Crippen LogP contribution in [0.1, 0.15) is 72.4 Å². The average Bonchev–Trinajstić information content (AvgIpc) is 3.66. The van der Waals surface area contributed by atoms with E-state index < -0.39 is 6.10 Å². The van der Waals surface area contributed by atoms with Gasteiger partial charge in [0.25, 0.3) is 0 Å². The van der Waals surface area contributed by atoms with E-state index in [0.717, 1.165) is 36.1 Å². The van der Waals surface area contributed by atoms with Gasteiger partial charge in [0, 0.05) is 25.3 Å². The van der Waals surface area contributed by atoms with Crippen LogP contribution in [0.15, 0.2) is 24.3 Å². The van der Waals surface area contributed by atoms with E-state index in [2.05, 4.69) is 64.0 Å². The zero-order valence-corrected chi connectivity index (χ0v) is 19.7. The third-order valence-corrected chi connectivity index (χ3v) is 6.69. The minimum Gasteiger partial charge on any atom is -0.467 e. The van der Waals surface area contributed by atoms with Crippen molar-refractivity contribution in [3.63, 3.8) is 0 Å². The fourth-order valence-corrected chi connectivity index (χ4v) is 4.59. The lowest BCUT2D eigenvalue weighted by atomic mass is 9.84. The van der Waals surface area contributed by atoms with Crippen molar-refractivity contribution in [3.8, 4) is 11.1 Å². The van der Waals surface area contributed by atoms with Gasteiger partial charge in [-0.2, -0.15) is 0 Å². The van der Waals surface area contributed by atoms with E-state index in [0.29, 0.717) is 5.92 Å². The van der Waals surface area contributed by atoms with Crippen molar-refractivity contribution in [3.05, 3.63) is 52.1 Å². The maximum Gasteiger partial charge on any atom is 0.339 e. The zero-order valence-electron chi connectivity index (χ0n) is 19.7. The van der Waals surface area contributed by atoms with Crippen molar-refractivity contribution in [1.29, 1.82) is 0 Å². The Morgan fingerprint density at radius 2 is 1.84 bits per heavy atom. The summed E-state index contributed by atoms with van der Waals surface area (Å²) in [7, 11) is 5.59. The van der Waals surface area contributed by atoms with Crippen molar-refractivity contribution in [2.45, 2.75) is 71.0 Å². The zero-order chi connectivity index (χ0) is 22.3. The van der Waals surface area contributed by atoms with Crippen LogP contribution in [-0.4, -0.2) is 33.3 Å². The molecule has 2 aromatic carbocycles. The molecular weight excluding hydrogens is 386 g/mol. The van der Waals surface area contributed by atoms with Crippen LogP contribution in [-0.2, 0) is 20.7 Å². The van der Waals surface area contributed by atoms with Crippen LogP contribution >= 0.6 is 0 Å². The Hall–Kier alpha value is -2.33. The topological polar surface area (TPSA) is 38.8 Å². The average molecular weight is 422 g/mol. The van der Waals surface area contributed by atoms with E-state index in [1.54, 1.807) is 0 Å². The minimum atomic E-state index is -0.698. The van der Waals surface area contributed by atoms with Gasteiger partial charge >= 0.3 is 5.97 Å². The molecule has 0 heterocycles. The molecule has 0 spiro atoms. The standard InChI is InChI=1S/C27H35NO3/c1-7-18-14-20(9-8-16(18)2)25-22(19-10-11-19)15-23(28(4)5)17(3)24(25)26(27(29)30-6)31-21-12-13-21/h8-9,14-15,19,21,26H,7,10-13H2,1-6H3. The normalized spacial score (nSPS) is 16.8. The van der Waals surface area contributed by atoms with Crippen LogP contribution in [0.3, 0.4) is 0 Å². The molecule has 2 saturated carbocycles. The molecule has 1 atom stereocenters. The predicted octanol–water partition coefficient (Wildman–Crippen LogP) is 5.87. The van der Waals surface area contributed by atoms with E-state index in [1.807, 2.05) is 0 Å². The van der Waals surface area contributed by atoms with Gasteiger partial charge in [-0.05, 0) is 91.3 Å². The number of rotatable bonds is 8. The van der Waals surface area contributed by atoms with Crippen LogP contribution in [0.4, 0.5) is 5.69 Å². The lowest BCUT2D eigenvalue weighted by Gasteiger charge is -2.28. The minimum absolute atomic E-state index is 0.146. The second kappa shape index (κ2) is 8.66. The molecular formula is C27H35NO3. The highest BCUT2D eigenvalue weighted by Gasteiger charge is 2.38. The molecule has 0 N–H and O–H groups in total. The summed E-state index contributed by atoms with van der Waals surface area (Å²) in [6, 6.07) is 9.06. The Kier molecular flexibility index (Phi) is 6.11. The molecule has 2 aliphatic rings. The summed E-state index contributed by atoms with van der Waals surface area (Å²) in [5.41, 5.74) is 9.58. The Bertz CT molecular complexity index is 986. The van der Waals surface area contributed by atoms with Crippen LogP contribution in [0.2, 0.25) is 0 Å². The van der Waals surface area contributed by atoms with E-state index >= 15 is 0 Å². The van der Waals surface area contributed by atoms with Gasteiger partial charge in [0.15, 0.2) is 6.10 Å². The van der Waals surface area contributed by atoms with Crippen LogP contribution in [0, 0.1) is 13.8 Å². The first-order valence-corrected chi connectivity index (χ1v) is 11.5. The number of hydrogen-bond donors (Lipinski definition) is 0. The van der Waals surface area contributed by atoms with Gasteiger partial charge in [0.2, 0.25) is 0 Å². The summed E-state index contributed by atoms with van der Waals surface area (Å²) in [4.78, 5) is 15.2. The van der Waals surface area contributed by atoms with Gasteiger partial charge in [-0.1, -0.05) is 25.1 Å². The SMILES string of the molecule is CCc1cc(-c2c(C3CC3)cc(N(C)C)c(C)c2C(OC2CC2)C(=O)OC)ccc1C. The summed E-state index contributed by atoms with van der Waals surface area (Å²) < 4.78 is 11.6. The monoisotopic (exact) mass is 421 g/mol. The molecule has 2 aromatic rings. The van der Waals surface area contributed by atoms with Gasteiger partial charge in [-0.3, -0.25) is 0 Å². The van der Waals surface area contributed by atoms with Crippen molar-refractivity contribution in [2.24, 2.45) is 0 Å². The van der Waals surface area contributed by atoms with Crippen molar-refractivity contribution < 1.29 is 14.3 Å². The second-order valence-electron chi connectivity index (χ2n) is 9.30. The molecule has 2 aliphatic carbocycles. The number of anilines is 1. The molecule has 0 radical (unpaired) electrons. The molecule has 4 rings (SSSR count). The highest BCUT2D eigenvalue weighted by Crippen LogP contribution is 2.50. The number of carbonyl (C=O) groups is 1. The van der Waals surface area contributed by atoms with Gasteiger partial charge in [-0.25, -0.2) is 4.79 Å². The van der Waals surface area contributed by atoms with E-state index in [-0.39, 0.29) is 12.1 Å². The Morgan fingerprint density at radius 3 is 2.39 bits per heavy atom. The van der Waals surface area contributed by atoms with Crippen molar-refractivity contribution in [2.75, 3.05) is 26.1 Å². The van der Waals surface area contributed by atoms with Gasteiger partial charge in [0.1, 0.15) is 0 Å². The largest absolute Gasteiger partial charge is 0.467 e. The Labute approximate surface area is 186 Å². The first-order chi connectivity index (χ1) is 14.8. The third-order valence-electron chi connectivity index (χ3n) is 6.69. The summed E-state index contributed by atoms with van der Waals surface area (Å²) in [5.74, 6) is 0.232.